The molecular weight excluding hydrogens is 616 g/mol. The molecule has 3 nitrogen and oxygen atoms in total. The zero-order valence-corrected chi connectivity index (χ0v) is 29.2. The quantitative estimate of drug-likeness (QED) is 0.304. The van der Waals surface area contributed by atoms with Crippen LogP contribution in [0.1, 0.15) is 64.4 Å². The number of halogens is 1. The Morgan fingerprint density at radius 1 is 0.940 bits per heavy atom. The fourth-order valence-electron chi connectivity index (χ4n) is 10.7. The predicted octanol–water partition coefficient (Wildman–Crippen LogP) is 11.1. The molecule has 4 heteroatoms. The second-order valence-corrected chi connectivity index (χ2v) is 16.1. The molecule has 0 spiro atoms. The summed E-state index contributed by atoms with van der Waals surface area (Å²) in [6, 6.07) is 15.9. The van der Waals surface area contributed by atoms with Gasteiger partial charge in [0.05, 0.1) is 6.04 Å². The Balaban J connectivity index is 1.16. The van der Waals surface area contributed by atoms with Gasteiger partial charge in [-0.3, -0.25) is 0 Å². The van der Waals surface area contributed by atoms with Gasteiger partial charge in [0, 0.05) is 58.2 Å². The Morgan fingerprint density at radius 3 is 2.66 bits per heavy atom. The molecule has 0 N–H and O–H groups in total. The van der Waals surface area contributed by atoms with Gasteiger partial charge in [-0.25, -0.2) is 4.39 Å². The molecule has 50 heavy (non-hydrogen) atoms. The van der Waals surface area contributed by atoms with Gasteiger partial charge < -0.3 is 14.5 Å². The van der Waals surface area contributed by atoms with E-state index in [2.05, 4.69) is 122 Å². The van der Waals surface area contributed by atoms with Crippen LogP contribution in [0.2, 0.25) is 0 Å². The molecule has 0 radical (unpaired) electrons. The second-order valence-electron chi connectivity index (χ2n) is 16.1. The van der Waals surface area contributed by atoms with Gasteiger partial charge in [-0.2, -0.15) is 0 Å². The van der Waals surface area contributed by atoms with Crippen molar-refractivity contribution in [2.24, 2.45) is 29.1 Å². The Bertz CT molecular complexity index is 2070. The highest BCUT2D eigenvalue weighted by molar-refractivity contribution is 5.75. The van der Waals surface area contributed by atoms with Crippen LogP contribution in [0.25, 0.3) is 0 Å². The molecule has 8 aliphatic rings. The van der Waals surface area contributed by atoms with Gasteiger partial charge in [0.2, 0.25) is 0 Å². The monoisotopic (exact) mass is 660 g/mol. The van der Waals surface area contributed by atoms with Crippen LogP contribution >= 0.6 is 0 Å². The lowest BCUT2D eigenvalue weighted by molar-refractivity contribution is 0.154. The van der Waals surface area contributed by atoms with Crippen molar-refractivity contribution in [3.05, 3.63) is 166 Å². The van der Waals surface area contributed by atoms with Gasteiger partial charge in [-0.1, -0.05) is 93.2 Å². The van der Waals surface area contributed by atoms with Gasteiger partial charge >= 0.3 is 0 Å². The molecule has 252 valence electrons. The summed E-state index contributed by atoms with van der Waals surface area (Å²) in [6.07, 6.45) is 32.0. The van der Waals surface area contributed by atoms with E-state index in [4.69, 9.17) is 4.74 Å². The summed E-state index contributed by atoms with van der Waals surface area (Å²) in [7, 11) is 0. The number of hydrogen-bond acceptors (Lipinski definition) is 3. The lowest BCUT2D eigenvalue weighted by Crippen LogP contribution is -2.34. The minimum Gasteiger partial charge on any atom is -0.489 e. The standard InChI is InChI=1S/C46H45FN2O/c1-28-25-41(45-34-13-6-9-18-42(34)50-43(45)26-28)49(40-17-10-15-37-44(40)33-12-4-7-14-36(33)46(37,2)3)31-23-24-39-35(27-31)32-11-5-8-16-38(32)48(39)30-21-19-29(47)20-22-30/h5-6,8-11,13-14,16-25,27-28,33-35,37,39,42H,4,7,12,15,26H2,1-3H3. The third-order valence-corrected chi connectivity index (χ3v) is 12.8. The first kappa shape index (κ1) is 30.3. The molecule has 2 heterocycles. The molecule has 0 amide bonds. The molecule has 2 aliphatic heterocycles. The topological polar surface area (TPSA) is 15.7 Å². The van der Waals surface area contributed by atoms with Crippen LogP contribution in [0.15, 0.2) is 155 Å². The Hall–Kier alpha value is -4.57. The maximum atomic E-state index is 14.1. The van der Waals surface area contributed by atoms with Crippen LogP contribution in [0.4, 0.5) is 15.8 Å². The van der Waals surface area contributed by atoms with Crippen molar-refractivity contribution in [3.63, 3.8) is 0 Å². The van der Waals surface area contributed by atoms with E-state index < -0.39 is 0 Å². The summed E-state index contributed by atoms with van der Waals surface area (Å²) in [4.78, 5) is 5.05. The van der Waals surface area contributed by atoms with Crippen molar-refractivity contribution >= 4 is 11.4 Å². The van der Waals surface area contributed by atoms with Crippen LogP contribution in [0.3, 0.4) is 0 Å². The van der Waals surface area contributed by atoms with Crippen LogP contribution in [0.5, 0.6) is 0 Å². The maximum Gasteiger partial charge on any atom is 0.127 e. The highest BCUT2D eigenvalue weighted by Crippen LogP contribution is 2.61. The van der Waals surface area contributed by atoms with Crippen LogP contribution in [-0.4, -0.2) is 17.0 Å². The molecule has 2 aromatic rings. The van der Waals surface area contributed by atoms with Crippen molar-refractivity contribution in [2.45, 2.75) is 70.9 Å². The van der Waals surface area contributed by atoms with Crippen molar-refractivity contribution in [2.75, 3.05) is 4.90 Å². The van der Waals surface area contributed by atoms with Crippen molar-refractivity contribution < 1.29 is 9.13 Å². The Morgan fingerprint density at radius 2 is 1.78 bits per heavy atom. The molecule has 7 unspecified atom stereocenters. The lowest BCUT2D eigenvalue weighted by atomic mass is 9.74. The Labute approximate surface area is 295 Å². The van der Waals surface area contributed by atoms with Crippen molar-refractivity contribution in [1.29, 1.82) is 0 Å². The first-order valence-corrected chi connectivity index (χ1v) is 18.8. The lowest BCUT2D eigenvalue weighted by Gasteiger charge is -2.40. The summed E-state index contributed by atoms with van der Waals surface area (Å²) in [5.74, 6) is 2.65. The predicted molar refractivity (Wildman–Crippen MR) is 200 cm³/mol. The fourth-order valence-corrected chi connectivity index (χ4v) is 10.7. The van der Waals surface area contributed by atoms with Crippen LogP contribution in [-0.2, 0) is 4.74 Å². The maximum absolute atomic E-state index is 14.1. The van der Waals surface area contributed by atoms with Gasteiger partial charge in [0.15, 0.2) is 0 Å². The van der Waals surface area contributed by atoms with E-state index in [0.717, 1.165) is 24.3 Å². The molecule has 1 fully saturated rings. The summed E-state index contributed by atoms with van der Waals surface area (Å²) in [6.45, 7) is 7.33. The number of nitrogens with zero attached hydrogens (tertiary/aromatic N) is 2. The molecule has 6 aliphatic carbocycles. The number of anilines is 2. The van der Waals surface area contributed by atoms with E-state index >= 15 is 0 Å². The van der Waals surface area contributed by atoms with E-state index in [0.29, 0.717) is 17.8 Å². The number of ether oxygens (including phenoxy) is 1. The highest BCUT2D eigenvalue weighted by Gasteiger charge is 2.51. The molecule has 0 aromatic heterocycles. The van der Waals surface area contributed by atoms with Gasteiger partial charge in [0.1, 0.15) is 17.7 Å². The normalized spacial score (nSPS) is 32.4. The third kappa shape index (κ3) is 4.39. The first-order chi connectivity index (χ1) is 24.4. The van der Waals surface area contributed by atoms with E-state index in [1.165, 1.54) is 53.2 Å². The molecule has 1 saturated carbocycles. The second kappa shape index (κ2) is 11.2. The number of hydrogen-bond donors (Lipinski definition) is 0. The first-order valence-electron chi connectivity index (χ1n) is 18.8. The van der Waals surface area contributed by atoms with E-state index in [1.54, 1.807) is 23.3 Å². The fraction of sp³-hybridized carbons (Fsp3) is 0.348. The largest absolute Gasteiger partial charge is 0.489 e. The Kier molecular flexibility index (Phi) is 6.79. The average Bonchev–Trinajstić information content (AvgIpc) is 3.74. The third-order valence-electron chi connectivity index (χ3n) is 12.8. The molecule has 10 rings (SSSR count). The zero-order valence-electron chi connectivity index (χ0n) is 29.2. The highest BCUT2D eigenvalue weighted by atomic mass is 19.1. The molecular formula is C46H45FN2O. The molecule has 0 saturated heterocycles. The summed E-state index contributed by atoms with van der Waals surface area (Å²) in [5.41, 5.74) is 12.2. The minimum absolute atomic E-state index is 0.0531. The van der Waals surface area contributed by atoms with E-state index in [1.807, 2.05) is 12.1 Å². The number of fused-ring (bicyclic) bond motifs is 8. The van der Waals surface area contributed by atoms with E-state index in [-0.39, 0.29) is 35.2 Å². The van der Waals surface area contributed by atoms with Crippen molar-refractivity contribution in [3.8, 4) is 0 Å². The van der Waals surface area contributed by atoms with Crippen molar-refractivity contribution in [1.82, 2.24) is 4.90 Å². The summed E-state index contributed by atoms with van der Waals surface area (Å²) in [5, 5.41) is 0. The number of allylic oxidation sites excluding steroid dienone is 11. The number of rotatable bonds is 4. The SMILES string of the molecule is CC1C=C(N(C2=CC3c4ccccc4N(c4ccc(F)cc4)C3C=C2)C2=C3C4CCCC=C4C(C)(C)C3CC=C2)C2=C(C1)OC1C=CC=CC21. The zero-order chi connectivity index (χ0) is 33.7. The molecule has 2 aromatic carbocycles. The average molecular weight is 661 g/mol. The minimum atomic E-state index is -0.209. The van der Waals surface area contributed by atoms with Gasteiger partial charge in [-0.05, 0) is 103 Å². The summed E-state index contributed by atoms with van der Waals surface area (Å²) >= 11 is 0. The van der Waals surface area contributed by atoms with Crippen LogP contribution in [0, 0.1) is 34.9 Å². The summed E-state index contributed by atoms with van der Waals surface area (Å²) < 4.78 is 20.8. The number of para-hydroxylation sites is 1. The molecule has 7 atom stereocenters. The molecule has 0 bridgehead atoms. The van der Waals surface area contributed by atoms with Gasteiger partial charge in [-0.15, -0.1) is 0 Å². The van der Waals surface area contributed by atoms with Crippen LogP contribution < -0.4 is 4.90 Å². The van der Waals surface area contributed by atoms with Gasteiger partial charge in [0.25, 0.3) is 0 Å². The smallest absolute Gasteiger partial charge is 0.127 e. The number of benzene rings is 2. The van der Waals surface area contributed by atoms with E-state index in [9.17, 15) is 4.39 Å².